The highest BCUT2D eigenvalue weighted by Gasteiger charge is 2.37. The van der Waals surface area contributed by atoms with Gasteiger partial charge in [-0.05, 0) is 39.5 Å². The third kappa shape index (κ3) is 13.6. The fourth-order valence-electron chi connectivity index (χ4n) is 3.68. The van der Waals surface area contributed by atoms with Gasteiger partial charge in [0.1, 0.15) is 12.1 Å². The first kappa shape index (κ1) is 31.5. The van der Waals surface area contributed by atoms with Crippen LogP contribution in [0.2, 0.25) is 0 Å². The normalized spacial score (nSPS) is 19.8. The van der Waals surface area contributed by atoms with E-state index in [9.17, 15) is 0 Å². The van der Waals surface area contributed by atoms with Crippen LogP contribution in [0.3, 0.4) is 0 Å². The third-order valence-corrected chi connectivity index (χ3v) is 5.59. The van der Waals surface area contributed by atoms with Gasteiger partial charge in [-0.15, -0.1) is 0 Å². The Morgan fingerprint density at radius 1 is 0.688 bits per heavy atom. The molecule has 12 heteroatoms. The highest BCUT2D eigenvalue weighted by atomic mass is 17.1. The van der Waals surface area contributed by atoms with Crippen molar-refractivity contribution in [3.8, 4) is 12.1 Å². The molecule has 184 valence electrons. The van der Waals surface area contributed by atoms with Crippen molar-refractivity contribution >= 4 is 12.3 Å². The molecule has 2 atom stereocenters. The first-order valence-corrected chi connectivity index (χ1v) is 10.2. The van der Waals surface area contributed by atoms with Gasteiger partial charge in [0.25, 0.3) is 0 Å². The Labute approximate surface area is 187 Å². The maximum atomic E-state index is 8.80. The van der Waals surface area contributed by atoms with Crippen molar-refractivity contribution in [3.63, 3.8) is 0 Å². The first-order valence-electron chi connectivity index (χ1n) is 10.2. The molecule has 0 bridgehead atoms. The smallest absolute Gasteiger partial charge is 0.450 e. The lowest BCUT2D eigenvalue weighted by Gasteiger charge is -2.31. The third-order valence-electron chi connectivity index (χ3n) is 5.59. The van der Waals surface area contributed by atoms with Crippen LogP contribution in [0.1, 0.15) is 78.1 Å². The van der Waals surface area contributed by atoms with E-state index in [4.69, 9.17) is 51.1 Å². The molecule has 2 saturated carbocycles. The monoisotopic (exact) mass is 462 g/mol. The van der Waals surface area contributed by atoms with E-state index in [1.807, 2.05) is 12.1 Å². The topological polar surface area (TPSA) is 222 Å². The van der Waals surface area contributed by atoms with Gasteiger partial charge in [0.2, 0.25) is 0 Å². The van der Waals surface area contributed by atoms with E-state index in [0.29, 0.717) is 0 Å². The van der Waals surface area contributed by atoms with Gasteiger partial charge in [0, 0.05) is 11.8 Å². The van der Waals surface area contributed by atoms with E-state index in [1.54, 1.807) is 13.8 Å². The molecule has 2 fully saturated rings. The maximum Gasteiger partial charge on any atom is 0.503 e. The molecule has 0 spiro atoms. The van der Waals surface area contributed by atoms with E-state index in [-0.39, 0.29) is 11.8 Å². The van der Waals surface area contributed by atoms with Crippen LogP contribution in [-0.2, 0) is 9.78 Å². The zero-order chi connectivity index (χ0) is 25.2. The van der Waals surface area contributed by atoms with Crippen molar-refractivity contribution in [2.75, 3.05) is 0 Å². The van der Waals surface area contributed by atoms with Crippen LogP contribution < -0.4 is 0 Å². The molecule has 2 unspecified atom stereocenters. The minimum absolute atomic E-state index is 0.196. The van der Waals surface area contributed by atoms with Gasteiger partial charge in [0.15, 0.2) is 11.2 Å². The van der Waals surface area contributed by atoms with Gasteiger partial charge in [0.05, 0.1) is 0 Å². The van der Waals surface area contributed by atoms with E-state index in [0.717, 1.165) is 51.4 Å². The second-order valence-corrected chi connectivity index (χ2v) is 7.86. The number of hydrogen-bond donors (Lipinski definition) is 6. The van der Waals surface area contributed by atoms with Crippen molar-refractivity contribution in [3.05, 3.63) is 0 Å². The summed E-state index contributed by atoms with van der Waals surface area (Å²) in [5.41, 5.74) is -1.97. The molecule has 0 amide bonds. The Balaban J connectivity index is 0. The molecular formula is C20H34N2O10. The van der Waals surface area contributed by atoms with E-state index in [2.05, 4.69) is 9.78 Å². The Kier molecular flexibility index (Phi) is 16.7. The summed E-state index contributed by atoms with van der Waals surface area (Å²) in [6.45, 7) is 3.31. The number of rotatable bonds is 4. The van der Waals surface area contributed by atoms with Gasteiger partial charge in [-0.25, -0.2) is 19.4 Å². The Morgan fingerprint density at radius 3 is 1.06 bits per heavy atom. The summed E-state index contributed by atoms with van der Waals surface area (Å²) in [4.78, 5) is 25.6. The summed E-state index contributed by atoms with van der Waals surface area (Å²) in [7, 11) is 0. The fourth-order valence-corrected chi connectivity index (χ4v) is 3.68. The zero-order valence-corrected chi connectivity index (χ0v) is 18.4. The molecule has 0 aromatic heterocycles. The molecule has 0 aromatic rings. The number of nitrogens with zero attached hydrogens (tertiary/aromatic N) is 2. The van der Waals surface area contributed by atoms with E-state index < -0.39 is 23.5 Å². The lowest BCUT2D eigenvalue weighted by molar-refractivity contribution is -0.314. The van der Waals surface area contributed by atoms with Gasteiger partial charge in [-0.3, -0.25) is 10.5 Å². The predicted molar refractivity (Wildman–Crippen MR) is 110 cm³/mol. The molecular weight excluding hydrogens is 428 g/mol. The number of nitriles is 2. The van der Waals surface area contributed by atoms with Gasteiger partial charge >= 0.3 is 12.3 Å². The number of hydrogen-bond acceptors (Lipinski definition) is 8. The summed E-state index contributed by atoms with van der Waals surface area (Å²) in [5, 5.41) is 62.7. The quantitative estimate of drug-likeness (QED) is 0.236. The minimum Gasteiger partial charge on any atom is -0.450 e. The van der Waals surface area contributed by atoms with Crippen molar-refractivity contribution in [1.29, 1.82) is 10.5 Å². The van der Waals surface area contributed by atoms with Crippen molar-refractivity contribution in [1.82, 2.24) is 0 Å². The molecule has 0 saturated heterocycles. The Morgan fingerprint density at radius 2 is 0.906 bits per heavy atom. The summed E-state index contributed by atoms with van der Waals surface area (Å²) in [6.07, 6.45) is 7.35. The Hall–Kier alpha value is -2.64. The minimum atomic E-state index is -1.83. The molecule has 12 nitrogen and oxygen atoms in total. The van der Waals surface area contributed by atoms with Crippen LogP contribution in [0.25, 0.3) is 0 Å². The molecule has 0 heterocycles. The zero-order valence-electron chi connectivity index (χ0n) is 18.4. The van der Waals surface area contributed by atoms with Crippen LogP contribution in [0, 0.1) is 34.5 Å². The standard InChI is InChI=1S/2C9H15NO2.2CH2O3/c2*1-9(7-10,12-11)8-5-3-2-4-6-8;2*2-1(3)4/h2*8,11H,2-6H2,1H3;2*(H2,2,3,4). The summed E-state index contributed by atoms with van der Waals surface area (Å²) in [6, 6.07) is 4.05. The Bertz CT molecular complexity index is 559. The lowest BCUT2D eigenvalue weighted by atomic mass is 9.78. The largest absolute Gasteiger partial charge is 0.503 e. The van der Waals surface area contributed by atoms with Crippen LogP contribution >= 0.6 is 0 Å². The molecule has 2 aliphatic rings. The highest BCUT2D eigenvalue weighted by Crippen LogP contribution is 2.34. The van der Waals surface area contributed by atoms with Crippen molar-refractivity contribution in [2.45, 2.75) is 89.3 Å². The van der Waals surface area contributed by atoms with Crippen LogP contribution in [0.5, 0.6) is 0 Å². The SMILES string of the molecule is CC(C#N)(OO)C1CCCCC1.CC(C#N)(OO)C1CCCCC1.O=C(O)O.O=C(O)O. The van der Waals surface area contributed by atoms with E-state index >= 15 is 0 Å². The molecule has 0 aromatic carbocycles. The molecule has 2 aliphatic carbocycles. The second kappa shape index (κ2) is 17.0. The number of carboxylic acid groups (broad SMARTS) is 4. The summed E-state index contributed by atoms with van der Waals surface area (Å²) in [5.74, 6) is 0.391. The van der Waals surface area contributed by atoms with Gasteiger partial charge in [-0.1, -0.05) is 38.5 Å². The first-order chi connectivity index (χ1) is 14.9. The van der Waals surface area contributed by atoms with Gasteiger partial charge in [-0.2, -0.15) is 10.5 Å². The lowest BCUT2D eigenvalue weighted by Crippen LogP contribution is -2.36. The maximum absolute atomic E-state index is 8.80. The van der Waals surface area contributed by atoms with Crippen molar-refractivity contribution < 1.29 is 50.3 Å². The predicted octanol–water partition coefficient (Wildman–Crippen LogP) is 5.12. The van der Waals surface area contributed by atoms with Crippen LogP contribution in [0.4, 0.5) is 9.59 Å². The van der Waals surface area contributed by atoms with E-state index in [1.165, 1.54) is 12.8 Å². The van der Waals surface area contributed by atoms with Gasteiger partial charge < -0.3 is 20.4 Å². The van der Waals surface area contributed by atoms with Crippen molar-refractivity contribution in [2.24, 2.45) is 11.8 Å². The van der Waals surface area contributed by atoms with Crippen LogP contribution in [-0.4, -0.2) is 54.5 Å². The van der Waals surface area contributed by atoms with Crippen LogP contribution in [0.15, 0.2) is 0 Å². The average Bonchev–Trinajstić information content (AvgIpc) is 2.79. The second-order valence-electron chi connectivity index (χ2n) is 7.86. The average molecular weight is 462 g/mol. The molecule has 6 N–H and O–H groups in total. The summed E-state index contributed by atoms with van der Waals surface area (Å²) >= 11 is 0. The highest BCUT2D eigenvalue weighted by molar-refractivity contribution is 5.53. The molecule has 0 radical (unpaired) electrons. The molecule has 32 heavy (non-hydrogen) atoms. The fraction of sp³-hybridized carbons (Fsp3) is 0.800. The number of carbonyl (C=O) groups is 2. The molecule has 2 rings (SSSR count). The summed E-state index contributed by atoms with van der Waals surface area (Å²) < 4.78 is 0. The molecule has 0 aliphatic heterocycles.